The first kappa shape index (κ1) is 20.3. The maximum Gasteiger partial charge on any atom is 1.00 e. The molecule has 1 aliphatic rings. The van der Waals surface area contributed by atoms with E-state index >= 15 is 0 Å². The second-order valence-electron chi connectivity index (χ2n) is 3.95. The van der Waals surface area contributed by atoms with Crippen molar-refractivity contribution in [3.05, 3.63) is 49.4 Å². The van der Waals surface area contributed by atoms with Gasteiger partial charge >= 0.3 is 18.9 Å². The van der Waals surface area contributed by atoms with Gasteiger partial charge in [-0.3, -0.25) is 16.0 Å². The Morgan fingerprint density at radius 1 is 1.57 bits per heavy atom. The summed E-state index contributed by atoms with van der Waals surface area (Å²) >= 11 is 7.36. The fraction of sp³-hybridized carbons (Fsp3) is 0.286. The number of halogens is 1. The quantitative estimate of drug-likeness (QED) is 0.592. The minimum absolute atomic E-state index is 0. The number of pyridine rings is 1. The van der Waals surface area contributed by atoms with Crippen molar-refractivity contribution in [2.75, 3.05) is 6.26 Å². The normalized spacial score (nSPS) is 18.4. The Hall–Kier alpha value is -0.733. The van der Waals surface area contributed by atoms with E-state index in [1.54, 1.807) is 35.0 Å². The second-order valence-corrected chi connectivity index (χ2v) is 5.39. The van der Waals surface area contributed by atoms with Gasteiger partial charge in [0.05, 0.1) is 11.9 Å². The van der Waals surface area contributed by atoms with E-state index < -0.39 is 0 Å². The Bertz CT molecular complexity index is 538. The minimum atomic E-state index is 0. The Kier molecular flexibility index (Phi) is 9.72. The van der Waals surface area contributed by atoms with Gasteiger partial charge in [0.1, 0.15) is 0 Å². The van der Waals surface area contributed by atoms with Crippen LogP contribution in [0.3, 0.4) is 0 Å². The molecule has 0 radical (unpaired) electrons. The summed E-state index contributed by atoms with van der Waals surface area (Å²) in [5, 5.41) is 4.94. The zero-order valence-corrected chi connectivity index (χ0v) is 13.9. The summed E-state index contributed by atoms with van der Waals surface area (Å²) in [5.74, 6) is 0.273. The van der Waals surface area contributed by atoms with E-state index in [9.17, 15) is 4.79 Å². The molecule has 108 valence electrons. The third-order valence-electron chi connectivity index (χ3n) is 2.60. The van der Waals surface area contributed by atoms with Crippen molar-refractivity contribution in [1.82, 2.24) is 14.8 Å². The molecule has 0 amide bonds. The molecule has 4 nitrogen and oxygen atoms in total. The first-order valence-corrected chi connectivity index (χ1v) is 7.35. The molecule has 0 spiro atoms. The summed E-state index contributed by atoms with van der Waals surface area (Å²) < 4.78 is 1.62. The predicted octanol–water partition coefficient (Wildman–Crippen LogP) is 0.0228. The van der Waals surface area contributed by atoms with Gasteiger partial charge in [0.2, 0.25) is 0 Å². The van der Waals surface area contributed by atoms with Crippen LogP contribution in [0.15, 0.2) is 30.7 Å². The van der Waals surface area contributed by atoms with E-state index in [-0.39, 0.29) is 32.2 Å². The molecule has 21 heavy (non-hydrogen) atoms. The summed E-state index contributed by atoms with van der Waals surface area (Å²) in [4.78, 5) is 13.8. The molecule has 0 N–H and O–H groups in total. The van der Waals surface area contributed by atoms with Gasteiger partial charge in [-0.15, -0.1) is 23.7 Å². The first-order valence-electron chi connectivity index (χ1n) is 5.68. The molecular formula is C14H15ClLiN3OS-2. The Morgan fingerprint density at radius 2 is 2.33 bits per heavy atom. The number of nitrogens with zero attached hydrogens (tertiary/aromatic N) is 3. The van der Waals surface area contributed by atoms with Crippen LogP contribution < -0.4 is 18.9 Å². The van der Waals surface area contributed by atoms with Crippen LogP contribution >= 0.6 is 23.4 Å². The van der Waals surface area contributed by atoms with E-state index in [4.69, 9.17) is 11.6 Å². The third kappa shape index (κ3) is 6.27. The smallest absolute Gasteiger partial charge is 0.541 e. The van der Waals surface area contributed by atoms with E-state index in [2.05, 4.69) is 16.1 Å². The van der Waals surface area contributed by atoms with Crippen LogP contribution in [0.2, 0.25) is 5.15 Å². The Balaban J connectivity index is 0.000000389. The number of aromatic nitrogens is 3. The van der Waals surface area contributed by atoms with Crippen molar-refractivity contribution >= 4 is 29.6 Å². The predicted molar refractivity (Wildman–Crippen MR) is 82.7 cm³/mol. The van der Waals surface area contributed by atoms with Crippen LogP contribution in [0.25, 0.3) is 5.69 Å². The van der Waals surface area contributed by atoms with E-state index in [0.29, 0.717) is 10.4 Å². The van der Waals surface area contributed by atoms with Gasteiger partial charge in [-0.05, 0) is 28.8 Å². The van der Waals surface area contributed by atoms with Gasteiger partial charge in [-0.2, -0.15) is 16.9 Å². The first-order chi connectivity index (χ1) is 9.24. The molecule has 0 unspecified atom stereocenters. The molecule has 0 aromatic carbocycles. The summed E-state index contributed by atoms with van der Waals surface area (Å²) in [6.07, 6.45) is 10.1. The van der Waals surface area contributed by atoms with Crippen LogP contribution in [0.4, 0.5) is 0 Å². The van der Waals surface area contributed by atoms with Crippen molar-refractivity contribution in [1.29, 1.82) is 0 Å². The van der Waals surface area contributed by atoms with Crippen molar-refractivity contribution in [3.8, 4) is 5.69 Å². The van der Waals surface area contributed by atoms with Gasteiger partial charge in [0, 0.05) is 6.20 Å². The molecule has 7 heteroatoms. The summed E-state index contributed by atoms with van der Waals surface area (Å²) in [5.41, 5.74) is 0.876. The fourth-order valence-electron chi connectivity index (χ4n) is 1.44. The third-order valence-corrected chi connectivity index (χ3v) is 3.91. The monoisotopic (exact) mass is 315 g/mol. The number of carbonyl (C=O) groups excluding carboxylic acids is 1. The number of rotatable bonds is 3. The number of thioether (sulfide) groups is 1. The molecule has 1 aliphatic carbocycles. The SMILES string of the molecule is CS[C@H]1C[C@@H]1[C-]=O.Clc1[c-]cn(-c2cccnc2)n1.[CH3-].[Li+]. The molecule has 3 rings (SSSR count). The van der Waals surface area contributed by atoms with E-state index in [1.807, 2.05) is 24.7 Å². The number of hydrogen-bond acceptors (Lipinski definition) is 4. The summed E-state index contributed by atoms with van der Waals surface area (Å²) in [7, 11) is 0. The number of hydrogen-bond donors (Lipinski definition) is 0. The average Bonchev–Trinajstić information content (AvgIpc) is 3.12. The van der Waals surface area contributed by atoms with Gasteiger partial charge in [0.25, 0.3) is 0 Å². The Morgan fingerprint density at radius 3 is 2.71 bits per heavy atom. The van der Waals surface area contributed by atoms with E-state index in [1.165, 1.54) is 0 Å². The summed E-state index contributed by atoms with van der Waals surface area (Å²) in [6.45, 7) is 0. The zero-order valence-electron chi connectivity index (χ0n) is 12.3. The molecule has 0 bridgehead atoms. The molecule has 0 aliphatic heterocycles. The Labute approximate surface area is 146 Å². The van der Waals surface area contributed by atoms with Crippen LogP contribution in [-0.4, -0.2) is 32.6 Å². The molecular weight excluding hydrogens is 301 g/mol. The maximum absolute atomic E-state index is 9.80. The van der Waals surface area contributed by atoms with Crippen molar-refractivity contribution in [2.24, 2.45) is 5.92 Å². The minimum Gasteiger partial charge on any atom is -0.541 e. The fourth-order valence-corrected chi connectivity index (χ4v) is 2.36. The molecule has 2 aromatic rings. The van der Waals surface area contributed by atoms with Crippen molar-refractivity contribution in [3.63, 3.8) is 0 Å². The van der Waals surface area contributed by atoms with Crippen LogP contribution in [0.5, 0.6) is 0 Å². The van der Waals surface area contributed by atoms with Crippen LogP contribution in [0.1, 0.15) is 6.42 Å². The largest absolute Gasteiger partial charge is 1.00 e. The molecule has 2 atom stereocenters. The van der Waals surface area contributed by atoms with Gasteiger partial charge in [0.15, 0.2) is 0 Å². The van der Waals surface area contributed by atoms with Crippen molar-refractivity contribution < 1.29 is 23.7 Å². The van der Waals surface area contributed by atoms with Gasteiger partial charge in [-0.25, -0.2) is 0 Å². The average molecular weight is 316 g/mol. The zero-order chi connectivity index (χ0) is 13.7. The topological polar surface area (TPSA) is 47.8 Å². The van der Waals surface area contributed by atoms with Crippen LogP contribution in [0, 0.1) is 19.4 Å². The van der Waals surface area contributed by atoms with Gasteiger partial charge < -0.3 is 18.3 Å². The molecule has 0 saturated heterocycles. The van der Waals surface area contributed by atoms with Crippen LogP contribution in [-0.2, 0) is 4.79 Å². The van der Waals surface area contributed by atoms with Gasteiger partial charge in [-0.1, -0.05) is 6.42 Å². The van der Waals surface area contributed by atoms with E-state index in [0.717, 1.165) is 12.1 Å². The summed E-state index contributed by atoms with van der Waals surface area (Å²) in [6, 6.07) is 6.49. The molecule has 2 aromatic heterocycles. The molecule has 2 heterocycles. The molecule has 1 fully saturated rings. The second kappa shape index (κ2) is 10.1. The maximum atomic E-state index is 9.80. The molecule has 1 saturated carbocycles. The van der Waals surface area contributed by atoms with Crippen molar-refractivity contribution in [2.45, 2.75) is 11.7 Å². The standard InChI is InChI=1S/C8H5ClN3.C5H7OS.CH3.Li/c9-8-3-5-12(11-8)7-2-1-4-10-6-7;1-7-5-2-4(5)3-6;;/h1-2,4-6H;4-5H,2H2,1H3;1H3;/q3*-1;+1/t;4-,5+;;/m.1../s1.